The van der Waals surface area contributed by atoms with Crippen molar-refractivity contribution >= 4 is 62.7 Å². The van der Waals surface area contributed by atoms with Gasteiger partial charge in [-0.1, -0.05) is 18.2 Å². The van der Waals surface area contributed by atoms with E-state index >= 15 is 0 Å². The van der Waals surface area contributed by atoms with Crippen molar-refractivity contribution < 1.29 is 12.8 Å². The van der Waals surface area contributed by atoms with Crippen LogP contribution in [0.3, 0.4) is 0 Å². The highest BCUT2D eigenvalue weighted by molar-refractivity contribution is 14.0. The molecule has 0 bridgehead atoms. The average Bonchev–Trinajstić information content (AvgIpc) is 3.08. The van der Waals surface area contributed by atoms with Crippen LogP contribution >= 0.6 is 35.7 Å². The molecule has 0 radical (unpaired) electrons. The molecule has 28 heavy (non-hydrogen) atoms. The second-order valence-corrected chi connectivity index (χ2v) is 9.72. The molecule has 0 unspecified atom stereocenters. The molecule has 3 rings (SSSR count). The number of fused-ring (bicyclic) bond motifs is 1. The molecule has 10 heteroatoms. The molecule has 2 aromatic rings. The molecule has 1 fully saturated rings. The predicted octanol–water partition coefficient (Wildman–Crippen LogP) is 2.44. The number of para-hydroxylation sites is 1. The summed E-state index contributed by atoms with van der Waals surface area (Å²) in [6, 6.07) is 9.89. The molecule has 0 aliphatic carbocycles. The lowest BCUT2D eigenvalue weighted by atomic mass is 10.2. The van der Waals surface area contributed by atoms with Crippen LogP contribution in [0.5, 0.6) is 0 Å². The van der Waals surface area contributed by atoms with Crippen molar-refractivity contribution in [3.8, 4) is 0 Å². The first kappa shape index (κ1) is 23.3. The second-order valence-electron chi connectivity index (χ2n) is 6.41. The van der Waals surface area contributed by atoms with E-state index in [1.807, 2.05) is 42.3 Å². The van der Waals surface area contributed by atoms with Gasteiger partial charge in [0.05, 0.1) is 12.3 Å². The first-order valence-corrected chi connectivity index (χ1v) is 11.7. The van der Waals surface area contributed by atoms with Crippen LogP contribution in [0.1, 0.15) is 5.76 Å². The van der Waals surface area contributed by atoms with E-state index in [0.29, 0.717) is 32.1 Å². The number of benzene rings is 1. The van der Waals surface area contributed by atoms with Gasteiger partial charge in [-0.2, -0.15) is 11.8 Å². The maximum atomic E-state index is 12.4. The van der Waals surface area contributed by atoms with E-state index in [-0.39, 0.29) is 29.7 Å². The third-order valence-corrected chi connectivity index (χ3v) is 7.26. The number of furan rings is 1. The van der Waals surface area contributed by atoms with Crippen LogP contribution in [-0.4, -0.2) is 74.6 Å². The van der Waals surface area contributed by atoms with Crippen molar-refractivity contribution in [2.24, 2.45) is 4.99 Å². The summed E-state index contributed by atoms with van der Waals surface area (Å²) < 4.78 is 32.3. The number of hydrogen-bond acceptors (Lipinski definition) is 5. The molecule has 1 N–H and O–H groups in total. The summed E-state index contributed by atoms with van der Waals surface area (Å²) in [5.41, 5.74) is 0.856. The summed E-state index contributed by atoms with van der Waals surface area (Å²) in [6.45, 7) is 2.08. The smallest absolute Gasteiger partial charge is 0.215 e. The van der Waals surface area contributed by atoms with Crippen molar-refractivity contribution in [3.63, 3.8) is 0 Å². The summed E-state index contributed by atoms with van der Waals surface area (Å²) in [6.07, 6.45) is 0. The number of rotatable bonds is 6. The van der Waals surface area contributed by atoms with Gasteiger partial charge in [-0.05, 0) is 12.1 Å². The Labute approximate surface area is 188 Å². The Morgan fingerprint density at radius 3 is 2.71 bits per heavy atom. The van der Waals surface area contributed by atoms with E-state index in [9.17, 15) is 8.42 Å². The highest BCUT2D eigenvalue weighted by atomic mass is 127. The van der Waals surface area contributed by atoms with Crippen molar-refractivity contribution in [2.45, 2.75) is 6.54 Å². The lowest BCUT2D eigenvalue weighted by Gasteiger charge is -2.26. The van der Waals surface area contributed by atoms with Crippen LogP contribution in [0.2, 0.25) is 0 Å². The molecule has 1 aliphatic heterocycles. The molecule has 0 spiro atoms. The highest BCUT2D eigenvalue weighted by Crippen LogP contribution is 2.19. The van der Waals surface area contributed by atoms with Crippen LogP contribution in [-0.2, 0) is 16.6 Å². The number of aliphatic imine (C=N–C) groups is 1. The number of thioether (sulfide) groups is 1. The van der Waals surface area contributed by atoms with Crippen LogP contribution in [0.15, 0.2) is 39.7 Å². The first-order chi connectivity index (χ1) is 13.0. The predicted molar refractivity (Wildman–Crippen MR) is 127 cm³/mol. The Hall–Kier alpha value is -0.980. The molecule has 0 atom stereocenters. The zero-order chi connectivity index (χ0) is 19.3. The van der Waals surface area contributed by atoms with Gasteiger partial charge in [0.2, 0.25) is 10.0 Å². The van der Waals surface area contributed by atoms with E-state index in [1.54, 1.807) is 23.1 Å². The maximum Gasteiger partial charge on any atom is 0.215 e. The summed E-state index contributed by atoms with van der Waals surface area (Å²) in [5, 5.41) is 4.21. The summed E-state index contributed by atoms with van der Waals surface area (Å²) in [5.74, 6) is 3.28. The molecule has 7 nitrogen and oxygen atoms in total. The minimum atomic E-state index is -3.22. The Balaban J connectivity index is 0.00000280. The van der Waals surface area contributed by atoms with Gasteiger partial charge in [-0.15, -0.1) is 24.0 Å². The standard InChI is InChI=1S/C18H26N4O3S2.HI/c1-19-18(20-7-12-27(23,24)22-8-10-26-11-9-22)21(2)14-16-13-15-5-3-4-6-17(15)25-16;/h3-6,13H,7-12,14H2,1-2H3,(H,19,20);1H. The second kappa shape index (κ2) is 10.7. The minimum absolute atomic E-state index is 0. The molecule has 0 saturated carbocycles. The molecule has 2 heterocycles. The number of halogens is 1. The van der Waals surface area contributed by atoms with Gasteiger partial charge < -0.3 is 14.6 Å². The van der Waals surface area contributed by atoms with Crippen molar-refractivity contribution in [3.05, 3.63) is 36.1 Å². The van der Waals surface area contributed by atoms with Gasteiger partial charge in [0, 0.05) is 50.6 Å². The lowest BCUT2D eigenvalue weighted by molar-refractivity contribution is 0.412. The van der Waals surface area contributed by atoms with Crippen molar-refractivity contribution in [2.75, 3.05) is 51.0 Å². The molecular weight excluding hydrogens is 511 g/mol. The highest BCUT2D eigenvalue weighted by Gasteiger charge is 2.23. The van der Waals surface area contributed by atoms with E-state index in [0.717, 1.165) is 28.2 Å². The van der Waals surface area contributed by atoms with Gasteiger partial charge in [0.25, 0.3) is 0 Å². The van der Waals surface area contributed by atoms with Crippen molar-refractivity contribution in [1.82, 2.24) is 14.5 Å². The summed E-state index contributed by atoms with van der Waals surface area (Å²) in [4.78, 5) is 6.17. The monoisotopic (exact) mass is 538 g/mol. The largest absolute Gasteiger partial charge is 0.459 e. The van der Waals surface area contributed by atoms with E-state index in [1.165, 1.54) is 0 Å². The number of hydrogen-bond donors (Lipinski definition) is 1. The zero-order valence-electron chi connectivity index (χ0n) is 16.1. The minimum Gasteiger partial charge on any atom is -0.459 e. The van der Waals surface area contributed by atoms with Gasteiger partial charge >= 0.3 is 0 Å². The third kappa shape index (κ3) is 6.01. The fourth-order valence-electron chi connectivity index (χ4n) is 3.05. The van der Waals surface area contributed by atoms with Crippen LogP contribution in [0.4, 0.5) is 0 Å². The van der Waals surface area contributed by atoms with E-state index in [4.69, 9.17) is 4.42 Å². The number of nitrogens with one attached hydrogen (secondary N) is 1. The van der Waals surface area contributed by atoms with Gasteiger partial charge in [0.1, 0.15) is 11.3 Å². The summed E-state index contributed by atoms with van der Waals surface area (Å²) >= 11 is 1.80. The normalized spacial score (nSPS) is 16.0. The van der Waals surface area contributed by atoms with Gasteiger partial charge in [0.15, 0.2) is 5.96 Å². The SMILES string of the molecule is CN=C(NCCS(=O)(=O)N1CCSCC1)N(C)Cc1cc2ccccc2o1.I. The van der Waals surface area contributed by atoms with Crippen molar-refractivity contribution in [1.29, 1.82) is 0 Å². The molecular formula is C18H27IN4O3S2. The number of sulfonamides is 1. The Kier molecular flexibility index (Phi) is 8.90. The Morgan fingerprint density at radius 2 is 2.04 bits per heavy atom. The van der Waals surface area contributed by atoms with Gasteiger partial charge in [-0.25, -0.2) is 12.7 Å². The molecule has 1 aromatic heterocycles. The fraction of sp³-hybridized carbons (Fsp3) is 0.500. The molecule has 156 valence electrons. The topological polar surface area (TPSA) is 78.2 Å². The molecule has 1 aromatic carbocycles. The number of nitrogens with zero attached hydrogens (tertiary/aromatic N) is 3. The van der Waals surface area contributed by atoms with Crippen LogP contribution in [0, 0.1) is 0 Å². The fourth-order valence-corrected chi connectivity index (χ4v) is 5.55. The molecule has 1 saturated heterocycles. The van der Waals surface area contributed by atoms with E-state index < -0.39 is 10.0 Å². The van der Waals surface area contributed by atoms with Crippen LogP contribution in [0.25, 0.3) is 11.0 Å². The third-order valence-electron chi connectivity index (χ3n) is 4.45. The molecule has 1 aliphatic rings. The first-order valence-electron chi connectivity index (χ1n) is 8.94. The Morgan fingerprint density at radius 1 is 1.32 bits per heavy atom. The summed E-state index contributed by atoms with van der Waals surface area (Å²) in [7, 11) is 0.366. The molecule has 0 amide bonds. The maximum absolute atomic E-state index is 12.4. The Bertz CT molecular complexity index is 862. The lowest BCUT2D eigenvalue weighted by Crippen LogP contribution is -2.44. The quantitative estimate of drug-likeness (QED) is 0.346. The van der Waals surface area contributed by atoms with E-state index in [2.05, 4.69) is 10.3 Å². The van der Waals surface area contributed by atoms with Gasteiger partial charge in [-0.3, -0.25) is 4.99 Å². The average molecular weight is 538 g/mol. The van der Waals surface area contributed by atoms with Crippen LogP contribution < -0.4 is 5.32 Å². The number of guanidine groups is 1. The zero-order valence-corrected chi connectivity index (χ0v) is 20.1.